The Balaban J connectivity index is 1.82. The van der Waals surface area contributed by atoms with E-state index >= 15 is 4.39 Å². The lowest BCUT2D eigenvalue weighted by molar-refractivity contribution is -0.140. The standard InChI is InChI=1S/C35H38FN3O6S/c1-25(2)37-35(41)31(21-26-13-7-5-8-14-26)38(23-27-15-11-12-18-30(27)36)34(40)24-39(28-16-9-6-10-17-28)46(42,43)29-19-20-32(44-3)33(22-29)45-4/h5-20,22,25,31H,21,23-24H2,1-4H3,(H,37,41). The van der Waals surface area contributed by atoms with E-state index in [9.17, 15) is 18.0 Å². The Morgan fingerprint density at radius 2 is 1.43 bits per heavy atom. The second kappa shape index (κ2) is 15.4. The minimum atomic E-state index is -4.37. The van der Waals surface area contributed by atoms with Gasteiger partial charge in [0.15, 0.2) is 11.5 Å². The van der Waals surface area contributed by atoms with Gasteiger partial charge in [0.1, 0.15) is 18.4 Å². The number of nitrogens with zero attached hydrogens (tertiary/aromatic N) is 2. The SMILES string of the molecule is COc1ccc(S(=O)(=O)N(CC(=O)N(Cc2ccccc2F)C(Cc2ccccc2)C(=O)NC(C)C)c2ccccc2)cc1OC. The lowest BCUT2D eigenvalue weighted by Gasteiger charge is -2.34. The molecule has 1 atom stereocenters. The third-order valence-corrected chi connectivity index (χ3v) is 9.04. The van der Waals surface area contributed by atoms with Crippen LogP contribution in [0.4, 0.5) is 10.1 Å². The van der Waals surface area contributed by atoms with Gasteiger partial charge < -0.3 is 19.7 Å². The fraction of sp³-hybridized carbons (Fsp3) is 0.257. The maximum Gasteiger partial charge on any atom is 0.264 e. The van der Waals surface area contributed by atoms with Crippen LogP contribution in [-0.2, 0) is 32.6 Å². The van der Waals surface area contributed by atoms with Gasteiger partial charge in [-0.25, -0.2) is 12.8 Å². The third-order valence-electron chi connectivity index (χ3n) is 7.27. The van der Waals surface area contributed by atoms with Gasteiger partial charge in [-0.05, 0) is 49.7 Å². The largest absolute Gasteiger partial charge is 0.493 e. The zero-order valence-electron chi connectivity index (χ0n) is 26.2. The lowest BCUT2D eigenvalue weighted by Crippen LogP contribution is -2.54. The number of amides is 2. The van der Waals surface area contributed by atoms with E-state index in [0.29, 0.717) is 5.75 Å². The highest BCUT2D eigenvalue weighted by atomic mass is 32.2. The van der Waals surface area contributed by atoms with Crippen LogP contribution in [-0.4, -0.2) is 58.0 Å². The Morgan fingerprint density at radius 3 is 2.04 bits per heavy atom. The number of para-hydroxylation sites is 1. The Labute approximate surface area is 269 Å². The number of nitrogens with one attached hydrogen (secondary N) is 1. The summed E-state index contributed by atoms with van der Waals surface area (Å²) < 4.78 is 55.1. The van der Waals surface area contributed by atoms with E-state index in [1.165, 1.54) is 55.5 Å². The Hall–Kier alpha value is -4.90. The molecular weight excluding hydrogens is 609 g/mol. The van der Waals surface area contributed by atoms with Crippen molar-refractivity contribution in [2.24, 2.45) is 0 Å². The first-order valence-electron chi connectivity index (χ1n) is 14.7. The van der Waals surface area contributed by atoms with Crippen LogP contribution in [0, 0.1) is 5.82 Å². The van der Waals surface area contributed by atoms with Crippen LogP contribution in [0.2, 0.25) is 0 Å². The van der Waals surface area contributed by atoms with Crippen molar-refractivity contribution in [1.82, 2.24) is 10.2 Å². The van der Waals surface area contributed by atoms with Gasteiger partial charge in [-0.1, -0.05) is 66.7 Å². The molecule has 11 heteroatoms. The molecule has 0 saturated carbocycles. The number of carbonyl (C=O) groups is 2. The smallest absolute Gasteiger partial charge is 0.264 e. The van der Waals surface area contributed by atoms with Gasteiger partial charge in [0, 0.05) is 30.6 Å². The van der Waals surface area contributed by atoms with Gasteiger partial charge in [-0.2, -0.15) is 0 Å². The molecule has 0 aliphatic carbocycles. The van der Waals surface area contributed by atoms with Crippen molar-refractivity contribution in [3.8, 4) is 11.5 Å². The highest BCUT2D eigenvalue weighted by Crippen LogP contribution is 2.32. The van der Waals surface area contributed by atoms with Crippen molar-refractivity contribution < 1.29 is 31.9 Å². The monoisotopic (exact) mass is 647 g/mol. The Bertz CT molecular complexity index is 1740. The molecule has 1 N–H and O–H groups in total. The van der Waals surface area contributed by atoms with Gasteiger partial charge in [0.2, 0.25) is 11.8 Å². The van der Waals surface area contributed by atoms with E-state index in [2.05, 4.69) is 5.32 Å². The molecule has 0 bridgehead atoms. The quantitative estimate of drug-likeness (QED) is 0.202. The summed E-state index contributed by atoms with van der Waals surface area (Å²) in [6.45, 7) is 2.66. The predicted octanol–water partition coefficient (Wildman–Crippen LogP) is 5.20. The molecule has 1 unspecified atom stereocenters. The average molecular weight is 648 g/mol. The van der Waals surface area contributed by atoms with Crippen molar-refractivity contribution in [3.63, 3.8) is 0 Å². The molecule has 0 radical (unpaired) electrons. The van der Waals surface area contributed by atoms with E-state index in [1.807, 2.05) is 30.3 Å². The van der Waals surface area contributed by atoms with E-state index in [0.717, 1.165) is 9.87 Å². The van der Waals surface area contributed by atoms with Crippen LogP contribution in [0.15, 0.2) is 108 Å². The molecule has 0 aliphatic rings. The van der Waals surface area contributed by atoms with Crippen LogP contribution in [0.3, 0.4) is 0 Å². The summed E-state index contributed by atoms with van der Waals surface area (Å²) in [6, 6.07) is 26.1. The number of rotatable bonds is 14. The van der Waals surface area contributed by atoms with Gasteiger partial charge in [-0.15, -0.1) is 0 Å². The first-order chi connectivity index (χ1) is 22.0. The molecule has 0 aromatic heterocycles. The molecule has 4 aromatic carbocycles. The number of hydrogen-bond acceptors (Lipinski definition) is 6. The van der Waals surface area contributed by atoms with Crippen LogP contribution in [0.1, 0.15) is 25.0 Å². The Kier molecular flexibility index (Phi) is 11.4. The fourth-order valence-corrected chi connectivity index (χ4v) is 6.40. The molecule has 0 fully saturated rings. The van der Waals surface area contributed by atoms with Gasteiger partial charge >= 0.3 is 0 Å². The highest BCUT2D eigenvalue weighted by Gasteiger charge is 2.35. The Morgan fingerprint density at radius 1 is 0.826 bits per heavy atom. The molecule has 0 aliphatic heterocycles. The molecule has 242 valence electrons. The van der Waals surface area contributed by atoms with Gasteiger partial charge in [0.05, 0.1) is 24.8 Å². The van der Waals surface area contributed by atoms with Crippen molar-refractivity contribution in [2.45, 2.75) is 43.8 Å². The molecular formula is C35H38FN3O6S. The summed E-state index contributed by atoms with van der Waals surface area (Å²) in [5, 5.41) is 2.88. The third kappa shape index (κ3) is 8.22. The molecule has 0 spiro atoms. The number of halogens is 1. The fourth-order valence-electron chi connectivity index (χ4n) is 4.97. The molecule has 2 amide bonds. The predicted molar refractivity (Wildman–Crippen MR) is 175 cm³/mol. The summed E-state index contributed by atoms with van der Waals surface area (Å²) in [4.78, 5) is 29.3. The number of sulfonamides is 1. The summed E-state index contributed by atoms with van der Waals surface area (Å²) in [7, 11) is -1.54. The van der Waals surface area contributed by atoms with Crippen molar-refractivity contribution in [1.29, 1.82) is 0 Å². The molecule has 4 aromatic rings. The van der Waals surface area contributed by atoms with Crippen LogP contribution >= 0.6 is 0 Å². The second-order valence-corrected chi connectivity index (χ2v) is 12.7. The second-order valence-electron chi connectivity index (χ2n) is 10.8. The zero-order valence-corrected chi connectivity index (χ0v) is 27.0. The number of benzene rings is 4. The molecule has 0 heterocycles. The van der Waals surface area contributed by atoms with Crippen molar-refractivity contribution in [2.75, 3.05) is 25.1 Å². The lowest BCUT2D eigenvalue weighted by atomic mass is 10.0. The number of anilines is 1. The topological polar surface area (TPSA) is 105 Å². The maximum absolute atomic E-state index is 15.0. The van der Waals surface area contributed by atoms with Crippen LogP contribution < -0.4 is 19.1 Å². The van der Waals surface area contributed by atoms with Crippen molar-refractivity contribution >= 4 is 27.5 Å². The normalized spacial score (nSPS) is 11.9. The summed E-state index contributed by atoms with van der Waals surface area (Å²) >= 11 is 0. The minimum Gasteiger partial charge on any atom is -0.493 e. The van der Waals surface area contributed by atoms with E-state index in [1.54, 1.807) is 50.2 Å². The van der Waals surface area contributed by atoms with Gasteiger partial charge in [-0.3, -0.25) is 13.9 Å². The number of ether oxygens (including phenoxy) is 2. The molecule has 0 saturated heterocycles. The molecule has 9 nitrogen and oxygen atoms in total. The molecule has 46 heavy (non-hydrogen) atoms. The highest BCUT2D eigenvalue weighted by molar-refractivity contribution is 7.92. The summed E-state index contributed by atoms with van der Waals surface area (Å²) in [5.41, 5.74) is 1.18. The number of carbonyl (C=O) groups excluding carboxylic acids is 2. The van der Waals surface area contributed by atoms with Gasteiger partial charge in [0.25, 0.3) is 10.0 Å². The maximum atomic E-state index is 15.0. The first kappa shape index (κ1) is 34.0. The van der Waals surface area contributed by atoms with E-state index < -0.39 is 40.2 Å². The number of hydrogen-bond donors (Lipinski definition) is 1. The van der Waals surface area contributed by atoms with Crippen LogP contribution in [0.25, 0.3) is 0 Å². The number of methoxy groups -OCH3 is 2. The van der Waals surface area contributed by atoms with Crippen molar-refractivity contribution in [3.05, 3.63) is 120 Å². The van der Waals surface area contributed by atoms with E-state index in [-0.39, 0.29) is 40.9 Å². The minimum absolute atomic E-state index is 0.118. The summed E-state index contributed by atoms with van der Waals surface area (Å²) in [6.07, 6.45) is 0.118. The zero-order chi connectivity index (χ0) is 33.3. The summed E-state index contributed by atoms with van der Waals surface area (Å²) in [5.74, 6) is -1.17. The molecule has 4 rings (SSSR count). The first-order valence-corrected chi connectivity index (χ1v) is 16.2. The van der Waals surface area contributed by atoms with E-state index in [4.69, 9.17) is 9.47 Å². The average Bonchev–Trinajstić information content (AvgIpc) is 3.06. The van der Waals surface area contributed by atoms with Crippen LogP contribution in [0.5, 0.6) is 11.5 Å².